The Balaban J connectivity index is 2.06. The van der Waals surface area contributed by atoms with Crippen LogP contribution < -0.4 is 15.4 Å². The lowest BCUT2D eigenvalue weighted by Crippen LogP contribution is -2.38. The molecule has 0 aromatic heterocycles. The summed E-state index contributed by atoms with van der Waals surface area (Å²) in [5, 5.41) is 4.72. The fraction of sp³-hybridized carbons (Fsp3) is 0.211. The summed E-state index contributed by atoms with van der Waals surface area (Å²) < 4.78 is 5.71. The molecule has 4 amide bonds. The Morgan fingerprint density at radius 1 is 0.962 bits per heavy atom. The summed E-state index contributed by atoms with van der Waals surface area (Å²) in [5.74, 6) is 0.555. The number of amidine groups is 1. The van der Waals surface area contributed by atoms with Gasteiger partial charge in [0.2, 0.25) is 0 Å². The predicted octanol–water partition coefficient (Wildman–Crippen LogP) is 3.70. The number of para-hydroxylation sites is 2. The first kappa shape index (κ1) is 19.0. The minimum atomic E-state index is -0.809. The van der Waals surface area contributed by atoms with E-state index >= 15 is 0 Å². The molecule has 2 rings (SSSR count). The van der Waals surface area contributed by atoms with Crippen molar-refractivity contribution in [1.82, 2.24) is 10.2 Å². The summed E-state index contributed by atoms with van der Waals surface area (Å²) in [7, 11) is 0. The molecule has 0 unspecified atom stereocenters. The van der Waals surface area contributed by atoms with E-state index in [4.69, 9.17) is 4.74 Å². The number of anilines is 1. The molecule has 0 heterocycles. The molecule has 0 aliphatic heterocycles. The van der Waals surface area contributed by atoms with Crippen LogP contribution >= 0.6 is 0 Å². The van der Waals surface area contributed by atoms with Gasteiger partial charge in [0.15, 0.2) is 0 Å². The van der Waals surface area contributed by atoms with Gasteiger partial charge in [0.25, 0.3) is 0 Å². The van der Waals surface area contributed by atoms with Crippen LogP contribution in [0.15, 0.2) is 65.7 Å². The highest BCUT2D eigenvalue weighted by atomic mass is 16.5. The van der Waals surface area contributed by atoms with Gasteiger partial charge in [-0.05, 0) is 38.1 Å². The highest BCUT2D eigenvalue weighted by molar-refractivity contribution is 6.03. The molecule has 26 heavy (non-hydrogen) atoms. The number of hydrogen-bond acceptors (Lipinski definition) is 3. The first-order valence-corrected chi connectivity index (χ1v) is 8.36. The molecule has 0 spiro atoms. The van der Waals surface area contributed by atoms with Gasteiger partial charge in [-0.15, -0.1) is 4.99 Å². The van der Waals surface area contributed by atoms with E-state index in [1.807, 2.05) is 38.1 Å². The molecule has 0 radical (unpaired) electrons. The van der Waals surface area contributed by atoms with Crippen molar-refractivity contribution in [3.05, 3.63) is 60.7 Å². The van der Waals surface area contributed by atoms with E-state index in [1.165, 1.54) is 0 Å². The van der Waals surface area contributed by atoms with Crippen molar-refractivity contribution in [1.29, 1.82) is 0 Å². The van der Waals surface area contributed by atoms with Crippen LogP contribution in [-0.2, 0) is 0 Å². The highest BCUT2D eigenvalue weighted by Gasteiger charge is 2.15. The van der Waals surface area contributed by atoms with Gasteiger partial charge in [-0.1, -0.05) is 36.4 Å². The van der Waals surface area contributed by atoms with E-state index in [9.17, 15) is 9.59 Å². The molecule has 7 nitrogen and oxygen atoms in total. The van der Waals surface area contributed by atoms with Crippen molar-refractivity contribution in [3.8, 4) is 5.75 Å². The van der Waals surface area contributed by atoms with E-state index in [0.717, 1.165) is 0 Å². The molecular weight excluding hydrogens is 332 g/mol. The summed E-state index contributed by atoms with van der Waals surface area (Å²) in [6.07, 6.45) is 0. The molecule has 7 heteroatoms. The molecule has 136 valence electrons. The Bertz CT molecular complexity index is 744. The molecule has 0 bridgehead atoms. The van der Waals surface area contributed by atoms with Crippen molar-refractivity contribution in [2.45, 2.75) is 13.8 Å². The molecule has 0 saturated heterocycles. The summed E-state index contributed by atoms with van der Waals surface area (Å²) in [4.78, 5) is 29.7. The number of nitrogens with zero attached hydrogens (tertiary/aromatic N) is 2. The summed E-state index contributed by atoms with van der Waals surface area (Å²) >= 11 is 0. The largest absolute Gasteiger partial charge is 0.426 e. The molecular formula is C19H22N4O3. The van der Waals surface area contributed by atoms with Crippen LogP contribution in [0.4, 0.5) is 15.3 Å². The number of aliphatic imine (C=N–C) groups is 1. The maximum absolute atomic E-state index is 12.1. The molecule has 0 saturated carbocycles. The fourth-order valence-corrected chi connectivity index (χ4v) is 2.14. The van der Waals surface area contributed by atoms with E-state index in [-0.39, 0.29) is 6.02 Å². The predicted molar refractivity (Wildman–Crippen MR) is 101 cm³/mol. The van der Waals surface area contributed by atoms with Gasteiger partial charge < -0.3 is 15.0 Å². The van der Waals surface area contributed by atoms with Gasteiger partial charge in [0.1, 0.15) is 5.75 Å². The Kier molecular flexibility index (Phi) is 7.17. The van der Waals surface area contributed by atoms with E-state index in [1.54, 1.807) is 41.3 Å². The standard InChI is InChI=1S/C19H22N4O3/c1-3-23(4-2)19(26-16-13-9-6-10-14-16)22-18(25)21-17(24)20-15-11-7-5-8-12-15/h5-14H,3-4H2,1-2H3,(H2,20,21,24,25)/b22-19+. The average Bonchev–Trinajstić information content (AvgIpc) is 2.64. The number of hydrogen-bond donors (Lipinski definition) is 2. The number of carbonyl (C=O) groups is 2. The maximum Gasteiger partial charge on any atom is 0.353 e. The second-order valence-electron chi connectivity index (χ2n) is 5.23. The number of amides is 4. The Morgan fingerprint density at radius 3 is 2.12 bits per heavy atom. The van der Waals surface area contributed by atoms with Crippen LogP contribution in [-0.4, -0.2) is 36.1 Å². The minimum Gasteiger partial charge on any atom is -0.426 e. The van der Waals surface area contributed by atoms with Crippen LogP contribution in [0.5, 0.6) is 5.75 Å². The number of ether oxygens (including phenoxy) is 1. The third-order valence-corrected chi connectivity index (χ3v) is 3.44. The number of imide groups is 1. The number of carbonyl (C=O) groups excluding carboxylic acids is 2. The van der Waals surface area contributed by atoms with Crippen LogP contribution in [0.1, 0.15) is 13.8 Å². The van der Waals surface area contributed by atoms with E-state index in [2.05, 4.69) is 15.6 Å². The lowest BCUT2D eigenvalue weighted by molar-refractivity contribution is 0.237. The summed E-state index contributed by atoms with van der Waals surface area (Å²) in [5.41, 5.74) is 0.575. The Morgan fingerprint density at radius 2 is 1.54 bits per heavy atom. The Hall–Kier alpha value is -3.35. The minimum absolute atomic E-state index is 0.131. The first-order chi connectivity index (χ1) is 12.6. The molecule has 2 aromatic rings. The van der Waals surface area contributed by atoms with Gasteiger partial charge in [-0.3, -0.25) is 5.32 Å². The first-order valence-electron chi connectivity index (χ1n) is 8.36. The van der Waals surface area contributed by atoms with E-state index in [0.29, 0.717) is 24.5 Å². The highest BCUT2D eigenvalue weighted by Crippen LogP contribution is 2.10. The van der Waals surface area contributed by atoms with Crippen LogP contribution in [0.25, 0.3) is 0 Å². The van der Waals surface area contributed by atoms with Crippen LogP contribution in [0, 0.1) is 0 Å². The quantitative estimate of drug-likeness (QED) is 0.648. The smallest absolute Gasteiger partial charge is 0.353 e. The molecule has 2 N–H and O–H groups in total. The maximum atomic E-state index is 12.1. The van der Waals surface area contributed by atoms with Gasteiger partial charge in [0, 0.05) is 18.8 Å². The lowest BCUT2D eigenvalue weighted by Gasteiger charge is -2.22. The summed E-state index contributed by atoms with van der Waals surface area (Å²) in [6.45, 7) is 5.05. The van der Waals surface area contributed by atoms with Crippen molar-refractivity contribution in [2.24, 2.45) is 4.99 Å². The molecule has 0 aliphatic rings. The van der Waals surface area contributed by atoms with Crippen molar-refractivity contribution in [2.75, 3.05) is 18.4 Å². The van der Waals surface area contributed by atoms with Crippen molar-refractivity contribution >= 4 is 23.8 Å². The SMILES string of the molecule is CCN(CC)/C(=N\C(=O)NC(=O)Nc1ccccc1)Oc1ccccc1. The average molecular weight is 354 g/mol. The van der Waals surface area contributed by atoms with Gasteiger partial charge in [0.05, 0.1) is 0 Å². The number of benzene rings is 2. The third-order valence-electron chi connectivity index (χ3n) is 3.44. The van der Waals surface area contributed by atoms with Gasteiger partial charge in [-0.2, -0.15) is 0 Å². The number of urea groups is 2. The second-order valence-corrected chi connectivity index (χ2v) is 5.23. The molecule has 2 aromatic carbocycles. The normalized spacial score (nSPS) is 10.8. The second kappa shape index (κ2) is 9.83. The van der Waals surface area contributed by atoms with Crippen LogP contribution in [0.2, 0.25) is 0 Å². The molecule has 0 atom stereocenters. The zero-order chi connectivity index (χ0) is 18.8. The molecule has 0 aliphatic carbocycles. The Labute approximate surface area is 152 Å². The topological polar surface area (TPSA) is 83.0 Å². The summed E-state index contributed by atoms with van der Waals surface area (Å²) in [6, 6.07) is 16.5. The third kappa shape index (κ3) is 5.94. The zero-order valence-corrected chi connectivity index (χ0v) is 14.8. The van der Waals surface area contributed by atoms with Crippen LogP contribution in [0.3, 0.4) is 0 Å². The van der Waals surface area contributed by atoms with Crippen molar-refractivity contribution < 1.29 is 14.3 Å². The zero-order valence-electron chi connectivity index (χ0n) is 14.8. The number of rotatable bonds is 4. The van der Waals surface area contributed by atoms with Crippen molar-refractivity contribution in [3.63, 3.8) is 0 Å². The van der Waals surface area contributed by atoms with Gasteiger partial charge >= 0.3 is 18.1 Å². The number of nitrogens with one attached hydrogen (secondary N) is 2. The molecule has 0 fully saturated rings. The lowest BCUT2D eigenvalue weighted by atomic mass is 10.3. The van der Waals surface area contributed by atoms with E-state index < -0.39 is 12.1 Å². The van der Waals surface area contributed by atoms with Gasteiger partial charge in [-0.25, -0.2) is 9.59 Å². The fourth-order valence-electron chi connectivity index (χ4n) is 2.14. The monoisotopic (exact) mass is 354 g/mol.